The van der Waals surface area contributed by atoms with Crippen LogP contribution in [0.3, 0.4) is 0 Å². The molecule has 0 atom stereocenters. The zero-order valence-electron chi connectivity index (χ0n) is 10.5. The Labute approximate surface area is 116 Å². The molecule has 19 heavy (non-hydrogen) atoms. The topological polar surface area (TPSA) is 69.8 Å². The molecular weight excluding hydrogens is 288 g/mol. The minimum absolute atomic E-state index is 0.0803. The fourth-order valence-electron chi connectivity index (χ4n) is 1.80. The molecule has 104 valence electrons. The van der Waals surface area contributed by atoms with Gasteiger partial charge in [0.15, 0.2) is 5.03 Å². The maximum Gasteiger partial charge on any atom is 0.280 e. The SMILES string of the molecule is CCCc1nc(S(=O)(=O)Cl)cn1CCn1ccnc1. The first-order chi connectivity index (χ1) is 9.00. The van der Waals surface area contributed by atoms with Gasteiger partial charge in [0.25, 0.3) is 9.05 Å². The van der Waals surface area contributed by atoms with E-state index in [0.717, 1.165) is 18.7 Å². The number of rotatable bonds is 6. The Balaban J connectivity index is 2.20. The standard InChI is InChI=1S/C11H15ClN4O2S/c1-2-3-10-14-11(19(12,17)18)8-16(10)7-6-15-5-4-13-9-15/h4-5,8-9H,2-3,6-7H2,1H3. The number of hydrogen-bond acceptors (Lipinski definition) is 4. The summed E-state index contributed by atoms with van der Waals surface area (Å²) in [5.74, 6) is 0.738. The fraction of sp³-hybridized carbons (Fsp3) is 0.455. The first kappa shape index (κ1) is 14.1. The number of hydrogen-bond donors (Lipinski definition) is 0. The summed E-state index contributed by atoms with van der Waals surface area (Å²) in [7, 11) is 1.55. The summed E-state index contributed by atoms with van der Waals surface area (Å²) in [5.41, 5.74) is 0. The van der Waals surface area contributed by atoms with Crippen molar-refractivity contribution in [2.24, 2.45) is 0 Å². The molecule has 0 spiro atoms. The van der Waals surface area contributed by atoms with E-state index in [9.17, 15) is 8.42 Å². The summed E-state index contributed by atoms with van der Waals surface area (Å²) in [6, 6.07) is 0. The van der Waals surface area contributed by atoms with Crippen molar-refractivity contribution in [3.05, 3.63) is 30.7 Å². The van der Waals surface area contributed by atoms with Gasteiger partial charge in [-0.1, -0.05) is 6.92 Å². The minimum atomic E-state index is -3.77. The van der Waals surface area contributed by atoms with Crippen molar-refractivity contribution < 1.29 is 8.42 Å². The second kappa shape index (κ2) is 5.75. The molecular formula is C11H15ClN4O2S. The molecule has 0 saturated carbocycles. The Bertz CT molecular complexity index is 634. The van der Waals surface area contributed by atoms with E-state index in [1.807, 2.05) is 22.3 Å². The van der Waals surface area contributed by atoms with Gasteiger partial charge < -0.3 is 9.13 Å². The highest BCUT2D eigenvalue weighted by Crippen LogP contribution is 2.15. The van der Waals surface area contributed by atoms with Crippen LogP contribution in [0.4, 0.5) is 0 Å². The fourth-order valence-corrected chi connectivity index (χ4v) is 2.50. The van der Waals surface area contributed by atoms with Crippen molar-refractivity contribution in [3.63, 3.8) is 0 Å². The van der Waals surface area contributed by atoms with Crippen LogP contribution in [-0.4, -0.2) is 27.5 Å². The Morgan fingerprint density at radius 3 is 2.74 bits per heavy atom. The molecule has 0 amide bonds. The van der Waals surface area contributed by atoms with Gasteiger partial charge in [-0.2, -0.15) is 0 Å². The van der Waals surface area contributed by atoms with E-state index in [1.54, 1.807) is 12.5 Å². The number of halogens is 1. The van der Waals surface area contributed by atoms with Crippen LogP contribution in [0.1, 0.15) is 19.2 Å². The zero-order chi connectivity index (χ0) is 13.9. The van der Waals surface area contributed by atoms with Gasteiger partial charge in [0.2, 0.25) is 0 Å². The molecule has 2 aromatic rings. The smallest absolute Gasteiger partial charge is 0.280 e. The zero-order valence-corrected chi connectivity index (χ0v) is 12.1. The average Bonchev–Trinajstić information content (AvgIpc) is 2.94. The highest BCUT2D eigenvalue weighted by Gasteiger charge is 2.17. The highest BCUT2D eigenvalue weighted by molar-refractivity contribution is 8.13. The van der Waals surface area contributed by atoms with E-state index < -0.39 is 9.05 Å². The maximum absolute atomic E-state index is 11.3. The first-order valence-electron chi connectivity index (χ1n) is 5.97. The van der Waals surface area contributed by atoms with Gasteiger partial charge in [-0.05, 0) is 6.42 Å². The van der Waals surface area contributed by atoms with Gasteiger partial charge in [-0.15, -0.1) is 0 Å². The molecule has 0 aromatic carbocycles. The molecule has 0 unspecified atom stereocenters. The third-order valence-electron chi connectivity index (χ3n) is 2.72. The summed E-state index contributed by atoms with van der Waals surface area (Å²) in [4.78, 5) is 8.05. The van der Waals surface area contributed by atoms with Gasteiger partial charge >= 0.3 is 0 Å². The average molecular weight is 303 g/mol. The van der Waals surface area contributed by atoms with E-state index in [0.29, 0.717) is 13.1 Å². The molecule has 0 aliphatic carbocycles. The van der Waals surface area contributed by atoms with Crippen LogP contribution in [0.25, 0.3) is 0 Å². The van der Waals surface area contributed by atoms with E-state index in [4.69, 9.17) is 10.7 Å². The van der Waals surface area contributed by atoms with Gasteiger partial charge in [0, 0.05) is 48.8 Å². The first-order valence-corrected chi connectivity index (χ1v) is 8.28. The van der Waals surface area contributed by atoms with Crippen molar-refractivity contribution >= 4 is 19.7 Å². The molecule has 0 N–H and O–H groups in total. The van der Waals surface area contributed by atoms with Crippen LogP contribution in [0, 0.1) is 0 Å². The molecule has 2 heterocycles. The summed E-state index contributed by atoms with van der Waals surface area (Å²) < 4.78 is 26.4. The van der Waals surface area contributed by atoms with Crippen molar-refractivity contribution in [1.82, 2.24) is 19.1 Å². The quantitative estimate of drug-likeness (QED) is 0.761. The van der Waals surface area contributed by atoms with E-state index >= 15 is 0 Å². The minimum Gasteiger partial charge on any atom is -0.336 e. The summed E-state index contributed by atoms with van der Waals surface area (Å²) in [6.45, 7) is 3.35. The van der Waals surface area contributed by atoms with Gasteiger partial charge in [-0.3, -0.25) is 0 Å². The lowest BCUT2D eigenvalue weighted by molar-refractivity contribution is 0.555. The third kappa shape index (κ3) is 3.57. The molecule has 2 rings (SSSR count). The van der Waals surface area contributed by atoms with Crippen LogP contribution in [0.2, 0.25) is 0 Å². The van der Waals surface area contributed by atoms with Gasteiger partial charge in [0.1, 0.15) is 5.82 Å². The number of imidazole rings is 2. The van der Waals surface area contributed by atoms with Crippen molar-refractivity contribution in [3.8, 4) is 0 Å². The maximum atomic E-state index is 11.3. The predicted octanol–water partition coefficient (Wildman–Crippen LogP) is 1.66. The molecule has 0 aliphatic rings. The molecule has 0 aliphatic heterocycles. The lowest BCUT2D eigenvalue weighted by Crippen LogP contribution is -2.08. The second-order valence-corrected chi connectivity index (χ2v) is 6.69. The van der Waals surface area contributed by atoms with Crippen molar-refractivity contribution in [2.45, 2.75) is 37.9 Å². The Morgan fingerprint density at radius 1 is 1.37 bits per heavy atom. The number of nitrogens with zero attached hydrogens (tertiary/aromatic N) is 4. The molecule has 0 radical (unpaired) electrons. The van der Waals surface area contributed by atoms with E-state index in [2.05, 4.69) is 9.97 Å². The van der Waals surface area contributed by atoms with Crippen LogP contribution < -0.4 is 0 Å². The predicted molar refractivity (Wildman–Crippen MR) is 71.5 cm³/mol. The lowest BCUT2D eigenvalue weighted by atomic mass is 10.3. The molecule has 0 bridgehead atoms. The molecule has 2 aromatic heterocycles. The highest BCUT2D eigenvalue weighted by atomic mass is 35.7. The molecule has 6 nitrogen and oxygen atoms in total. The molecule has 0 fully saturated rings. The Hall–Kier alpha value is -1.34. The van der Waals surface area contributed by atoms with E-state index in [-0.39, 0.29) is 5.03 Å². The van der Waals surface area contributed by atoms with E-state index in [1.165, 1.54) is 6.20 Å². The summed E-state index contributed by atoms with van der Waals surface area (Å²) >= 11 is 0. The van der Waals surface area contributed by atoms with Gasteiger partial charge in [-0.25, -0.2) is 18.4 Å². The number of aryl methyl sites for hydroxylation is 3. The number of aromatic nitrogens is 4. The van der Waals surface area contributed by atoms with Crippen molar-refractivity contribution in [1.29, 1.82) is 0 Å². The second-order valence-electron chi connectivity index (χ2n) is 4.18. The van der Waals surface area contributed by atoms with Crippen LogP contribution in [0.15, 0.2) is 29.9 Å². The monoisotopic (exact) mass is 302 g/mol. The normalized spacial score (nSPS) is 11.9. The van der Waals surface area contributed by atoms with Gasteiger partial charge in [0.05, 0.1) is 6.33 Å². The van der Waals surface area contributed by atoms with Crippen LogP contribution in [0.5, 0.6) is 0 Å². The van der Waals surface area contributed by atoms with Crippen molar-refractivity contribution in [2.75, 3.05) is 0 Å². The Kier molecular flexibility index (Phi) is 4.26. The Morgan fingerprint density at radius 2 is 2.16 bits per heavy atom. The summed E-state index contributed by atoms with van der Waals surface area (Å²) in [5, 5.41) is -0.0803. The molecule has 0 saturated heterocycles. The third-order valence-corrected chi connectivity index (χ3v) is 3.89. The van der Waals surface area contributed by atoms with Crippen LogP contribution in [-0.2, 0) is 28.6 Å². The summed E-state index contributed by atoms with van der Waals surface area (Å²) in [6.07, 6.45) is 8.38. The molecule has 8 heteroatoms. The van der Waals surface area contributed by atoms with Crippen LogP contribution >= 0.6 is 10.7 Å². The lowest BCUT2D eigenvalue weighted by Gasteiger charge is -2.07. The largest absolute Gasteiger partial charge is 0.336 e.